The summed E-state index contributed by atoms with van der Waals surface area (Å²) in [7, 11) is 3.13. The molecule has 0 amide bonds. The molecule has 0 spiro atoms. The molecule has 106 valence electrons. The van der Waals surface area contributed by atoms with Crippen molar-refractivity contribution >= 4 is 10.8 Å². The van der Waals surface area contributed by atoms with E-state index in [0.717, 1.165) is 10.8 Å². The van der Waals surface area contributed by atoms with Crippen molar-refractivity contribution in [3.05, 3.63) is 60.4 Å². The van der Waals surface area contributed by atoms with Crippen molar-refractivity contribution in [2.24, 2.45) is 0 Å². The number of methoxy groups -OCH3 is 2. The van der Waals surface area contributed by atoms with Gasteiger partial charge in [-0.05, 0) is 22.9 Å². The van der Waals surface area contributed by atoms with Crippen LogP contribution in [0.1, 0.15) is 0 Å². The summed E-state index contributed by atoms with van der Waals surface area (Å²) in [6.45, 7) is 0. The zero-order valence-corrected chi connectivity index (χ0v) is 11.9. The second-order valence-corrected chi connectivity index (χ2v) is 4.68. The molecule has 0 saturated carbocycles. The number of hydrogen-bond acceptors (Lipinski definition) is 2. The predicted molar refractivity (Wildman–Crippen MR) is 82.4 cm³/mol. The SMILES string of the molecule is COc1cccc(-c2c(F)ccc3ccccc23)c1OC. The Labute approximate surface area is 122 Å². The molecule has 21 heavy (non-hydrogen) atoms. The molecule has 0 aliphatic heterocycles. The van der Waals surface area contributed by atoms with Crippen LogP contribution in [-0.2, 0) is 0 Å². The van der Waals surface area contributed by atoms with Gasteiger partial charge >= 0.3 is 0 Å². The lowest BCUT2D eigenvalue weighted by atomic mass is 9.96. The Kier molecular flexibility index (Phi) is 3.48. The van der Waals surface area contributed by atoms with Crippen molar-refractivity contribution in [2.45, 2.75) is 0 Å². The van der Waals surface area contributed by atoms with Crippen LogP contribution in [-0.4, -0.2) is 14.2 Å². The Hall–Kier alpha value is -2.55. The van der Waals surface area contributed by atoms with Crippen LogP contribution in [0.4, 0.5) is 4.39 Å². The topological polar surface area (TPSA) is 18.5 Å². The van der Waals surface area contributed by atoms with Crippen LogP contribution < -0.4 is 9.47 Å². The van der Waals surface area contributed by atoms with E-state index in [-0.39, 0.29) is 5.82 Å². The number of ether oxygens (including phenoxy) is 2. The monoisotopic (exact) mass is 282 g/mol. The van der Waals surface area contributed by atoms with Crippen molar-refractivity contribution < 1.29 is 13.9 Å². The van der Waals surface area contributed by atoms with Crippen molar-refractivity contribution in [2.75, 3.05) is 14.2 Å². The molecule has 0 heterocycles. The fourth-order valence-electron chi connectivity index (χ4n) is 2.60. The lowest BCUT2D eigenvalue weighted by Crippen LogP contribution is -1.95. The third kappa shape index (κ3) is 2.21. The molecule has 0 aliphatic carbocycles. The number of rotatable bonds is 3. The van der Waals surface area contributed by atoms with Crippen molar-refractivity contribution in [3.63, 3.8) is 0 Å². The quantitative estimate of drug-likeness (QED) is 0.695. The first-order valence-electron chi connectivity index (χ1n) is 6.65. The first kappa shape index (κ1) is 13.4. The largest absolute Gasteiger partial charge is 0.493 e. The number of fused-ring (bicyclic) bond motifs is 1. The normalized spacial score (nSPS) is 10.6. The Morgan fingerprint density at radius 1 is 0.810 bits per heavy atom. The maximum atomic E-state index is 14.5. The third-order valence-electron chi connectivity index (χ3n) is 3.55. The van der Waals surface area contributed by atoms with Crippen LogP contribution in [0.25, 0.3) is 21.9 Å². The molecule has 0 fully saturated rings. The van der Waals surface area contributed by atoms with Crippen LogP contribution in [0.2, 0.25) is 0 Å². The molecular weight excluding hydrogens is 267 g/mol. The number of halogens is 1. The Bertz CT molecular complexity index is 796. The summed E-state index contributed by atoms with van der Waals surface area (Å²) in [5, 5.41) is 1.84. The van der Waals surface area contributed by atoms with Gasteiger partial charge in [-0.3, -0.25) is 0 Å². The highest BCUT2D eigenvalue weighted by Crippen LogP contribution is 2.41. The zero-order chi connectivity index (χ0) is 14.8. The van der Waals surface area contributed by atoms with Crippen molar-refractivity contribution in [1.82, 2.24) is 0 Å². The van der Waals surface area contributed by atoms with E-state index in [1.165, 1.54) is 6.07 Å². The molecule has 0 aromatic heterocycles. The van der Waals surface area contributed by atoms with Gasteiger partial charge in [0.15, 0.2) is 11.5 Å². The maximum Gasteiger partial charge on any atom is 0.168 e. The average molecular weight is 282 g/mol. The predicted octanol–water partition coefficient (Wildman–Crippen LogP) is 4.66. The molecule has 2 nitrogen and oxygen atoms in total. The summed E-state index contributed by atoms with van der Waals surface area (Å²) in [6, 6.07) is 16.4. The summed E-state index contributed by atoms with van der Waals surface area (Å²) in [6.07, 6.45) is 0. The van der Waals surface area contributed by atoms with Crippen LogP contribution in [0.5, 0.6) is 11.5 Å². The van der Waals surface area contributed by atoms with Gasteiger partial charge in [-0.1, -0.05) is 42.5 Å². The van der Waals surface area contributed by atoms with E-state index in [1.54, 1.807) is 26.4 Å². The highest BCUT2D eigenvalue weighted by molar-refractivity contribution is 5.98. The van der Waals surface area contributed by atoms with Crippen molar-refractivity contribution in [1.29, 1.82) is 0 Å². The minimum absolute atomic E-state index is 0.278. The number of para-hydroxylation sites is 1. The molecule has 3 aromatic carbocycles. The first-order valence-corrected chi connectivity index (χ1v) is 6.65. The molecule has 0 atom stereocenters. The van der Waals surface area contributed by atoms with E-state index in [4.69, 9.17) is 9.47 Å². The van der Waals surface area contributed by atoms with Crippen LogP contribution in [0.15, 0.2) is 54.6 Å². The molecule has 0 unspecified atom stereocenters. The van der Waals surface area contributed by atoms with Gasteiger partial charge in [-0.2, -0.15) is 0 Å². The van der Waals surface area contributed by atoms with Gasteiger partial charge in [-0.25, -0.2) is 4.39 Å². The molecule has 0 aliphatic rings. The number of hydrogen-bond donors (Lipinski definition) is 0. The smallest absolute Gasteiger partial charge is 0.168 e. The molecule has 3 aromatic rings. The fourth-order valence-corrected chi connectivity index (χ4v) is 2.60. The third-order valence-corrected chi connectivity index (χ3v) is 3.55. The van der Waals surface area contributed by atoms with E-state index < -0.39 is 0 Å². The van der Waals surface area contributed by atoms with Crippen LogP contribution in [0, 0.1) is 5.82 Å². The fraction of sp³-hybridized carbons (Fsp3) is 0.111. The second kappa shape index (κ2) is 5.44. The van der Waals surface area contributed by atoms with Gasteiger partial charge in [-0.15, -0.1) is 0 Å². The second-order valence-electron chi connectivity index (χ2n) is 4.68. The van der Waals surface area contributed by atoms with Crippen molar-refractivity contribution in [3.8, 4) is 22.6 Å². The zero-order valence-electron chi connectivity index (χ0n) is 11.9. The van der Waals surface area contributed by atoms with E-state index in [9.17, 15) is 4.39 Å². The van der Waals surface area contributed by atoms with Gasteiger partial charge < -0.3 is 9.47 Å². The minimum Gasteiger partial charge on any atom is -0.493 e. The van der Waals surface area contributed by atoms with Gasteiger partial charge in [0.05, 0.1) is 14.2 Å². The number of benzene rings is 3. The van der Waals surface area contributed by atoms with E-state index in [1.807, 2.05) is 36.4 Å². The highest BCUT2D eigenvalue weighted by Gasteiger charge is 2.17. The summed E-state index contributed by atoms with van der Waals surface area (Å²) in [5.74, 6) is 0.845. The molecule has 0 N–H and O–H groups in total. The Morgan fingerprint density at radius 2 is 1.62 bits per heavy atom. The standard InChI is InChI=1S/C18H15FO2/c1-20-16-9-5-8-14(18(16)21-2)17-13-7-4-3-6-12(13)10-11-15(17)19/h3-11H,1-2H3. The van der Waals surface area contributed by atoms with Gasteiger partial charge in [0.2, 0.25) is 0 Å². The minimum atomic E-state index is -0.278. The van der Waals surface area contributed by atoms with Crippen LogP contribution in [0.3, 0.4) is 0 Å². The molecule has 0 bridgehead atoms. The van der Waals surface area contributed by atoms with Gasteiger partial charge in [0.25, 0.3) is 0 Å². The van der Waals surface area contributed by atoms with E-state index in [2.05, 4.69) is 0 Å². The average Bonchev–Trinajstić information content (AvgIpc) is 2.54. The van der Waals surface area contributed by atoms with E-state index in [0.29, 0.717) is 22.6 Å². The highest BCUT2D eigenvalue weighted by atomic mass is 19.1. The molecule has 0 radical (unpaired) electrons. The summed E-state index contributed by atoms with van der Waals surface area (Å²) >= 11 is 0. The lowest BCUT2D eigenvalue weighted by Gasteiger charge is -2.15. The molecule has 0 saturated heterocycles. The van der Waals surface area contributed by atoms with Gasteiger partial charge in [0, 0.05) is 11.1 Å². The Morgan fingerprint density at radius 3 is 2.38 bits per heavy atom. The molecule has 3 rings (SSSR count). The lowest BCUT2D eigenvalue weighted by molar-refractivity contribution is 0.356. The summed E-state index contributed by atoms with van der Waals surface area (Å²) in [4.78, 5) is 0. The first-order chi connectivity index (χ1) is 10.3. The maximum absolute atomic E-state index is 14.5. The molecule has 3 heteroatoms. The van der Waals surface area contributed by atoms with Gasteiger partial charge in [0.1, 0.15) is 5.82 Å². The van der Waals surface area contributed by atoms with E-state index >= 15 is 0 Å². The summed E-state index contributed by atoms with van der Waals surface area (Å²) < 4.78 is 25.2. The Balaban J connectivity index is 2.38. The summed E-state index contributed by atoms with van der Waals surface area (Å²) in [5.41, 5.74) is 1.22. The van der Waals surface area contributed by atoms with Crippen LogP contribution >= 0.6 is 0 Å². The molecular formula is C18H15FO2.